The Morgan fingerprint density at radius 2 is 1.74 bits per heavy atom. The largest absolute Gasteiger partial charge is 0.493 e. The van der Waals surface area contributed by atoms with E-state index < -0.39 is 0 Å². The van der Waals surface area contributed by atoms with E-state index in [0.717, 1.165) is 44.5 Å². The lowest BCUT2D eigenvalue weighted by atomic mass is 9.93. The number of nitrogens with zero attached hydrogens (tertiary/aromatic N) is 2. The van der Waals surface area contributed by atoms with Gasteiger partial charge in [0, 0.05) is 69.0 Å². The highest BCUT2D eigenvalue weighted by Gasteiger charge is 2.38. The van der Waals surface area contributed by atoms with Crippen LogP contribution >= 0.6 is 11.6 Å². The summed E-state index contributed by atoms with van der Waals surface area (Å²) in [7, 11) is 1.66. The topological polar surface area (TPSA) is 71.1 Å². The van der Waals surface area contributed by atoms with Crippen molar-refractivity contribution in [2.45, 2.75) is 51.6 Å². The summed E-state index contributed by atoms with van der Waals surface area (Å²) in [6.07, 6.45) is 3.34. The fourth-order valence-electron chi connectivity index (χ4n) is 5.29. The van der Waals surface area contributed by atoms with Crippen LogP contribution in [0.1, 0.15) is 49.0 Å². The van der Waals surface area contributed by atoms with Crippen LogP contribution in [0.5, 0.6) is 5.75 Å². The highest BCUT2D eigenvalue weighted by molar-refractivity contribution is 6.31. The molecule has 2 fully saturated rings. The molecule has 2 aliphatic rings. The minimum Gasteiger partial charge on any atom is -0.493 e. The first kappa shape index (κ1) is 29.4. The first-order chi connectivity index (χ1) is 18.9. The molecule has 1 aliphatic carbocycles. The Bertz CT molecular complexity index is 1090. The average molecular weight is 556 g/mol. The lowest BCUT2D eigenvalue weighted by Crippen LogP contribution is -2.45. The van der Waals surface area contributed by atoms with E-state index in [9.17, 15) is 9.59 Å². The molecular formula is C31H42ClN3O4. The number of amides is 2. The van der Waals surface area contributed by atoms with Crippen LogP contribution in [-0.4, -0.2) is 80.2 Å². The first-order valence-corrected chi connectivity index (χ1v) is 14.5. The molecular weight excluding hydrogens is 514 g/mol. The summed E-state index contributed by atoms with van der Waals surface area (Å²) in [5, 5.41) is 4.00. The second-order valence-corrected chi connectivity index (χ2v) is 11.5. The molecule has 0 aromatic heterocycles. The van der Waals surface area contributed by atoms with E-state index in [1.54, 1.807) is 25.3 Å². The predicted molar refractivity (Wildman–Crippen MR) is 154 cm³/mol. The number of rotatable bonds is 14. The molecule has 7 nitrogen and oxygen atoms in total. The van der Waals surface area contributed by atoms with Crippen molar-refractivity contribution in [3.63, 3.8) is 0 Å². The Labute approximate surface area is 237 Å². The SMILES string of the molecule is COCCCOc1cc(Cl)cc(C(=O)N(CC2CNCC2CN(C(=O)Cc2ccccc2)C2CC2)C(C)C)c1. The molecule has 8 heteroatoms. The maximum absolute atomic E-state index is 13.7. The lowest BCUT2D eigenvalue weighted by Gasteiger charge is -2.34. The zero-order valence-electron chi connectivity index (χ0n) is 23.4. The number of ether oxygens (including phenoxy) is 2. The van der Waals surface area contributed by atoms with E-state index in [-0.39, 0.29) is 23.8 Å². The van der Waals surface area contributed by atoms with Crippen LogP contribution in [-0.2, 0) is 16.0 Å². The van der Waals surface area contributed by atoms with Gasteiger partial charge in [-0.1, -0.05) is 41.9 Å². The molecule has 0 spiro atoms. The van der Waals surface area contributed by atoms with Crippen molar-refractivity contribution in [1.82, 2.24) is 15.1 Å². The molecule has 0 bridgehead atoms. The Balaban J connectivity index is 1.42. The molecule has 1 heterocycles. The summed E-state index contributed by atoms with van der Waals surface area (Å²) >= 11 is 6.37. The molecule has 4 rings (SSSR count). The Morgan fingerprint density at radius 3 is 2.41 bits per heavy atom. The van der Waals surface area contributed by atoms with Gasteiger partial charge < -0.3 is 24.6 Å². The summed E-state index contributed by atoms with van der Waals surface area (Å²) in [5.41, 5.74) is 1.58. The van der Waals surface area contributed by atoms with Gasteiger partial charge in [-0.2, -0.15) is 0 Å². The van der Waals surface area contributed by atoms with Crippen LogP contribution in [0.3, 0.4) is 0 Å². The van der Waals surface area contributed by atoms with E-state index in [1.165, 1.54) is 0 Å². The van der Waals surface area contributed by atoms with Gasteiger partial charge in [0.1, 0.15) is 5.75 Å². The number of carbonyl (C=O) groups excluding carboxylic acids is 2. The normalized spacial score (nSPS) is 18.8. The van der Waals surface area contributed by atoms with Crippen molar-refractivity contribution >= 4 is 23.4 Å². The molecule has 0 radical (unpaired) electrons. The number of hydrogen-bond acceptors (Lipinski definition) is 5. The molecule has 2 aromatic carbocycles. The van der Waals surface area contributed by atoms with Gasteiger partial charge in [0.2, 0.25) is 5.91 Å². The van der Waals surface area contributed by atoms with Crippen molar-refractivity contribution < 1.29 is 19.1 Å². The van der Waals surface area contributed by atoms with Crippen molar-refractivity contribution in [3.05, 3.63) is 64.7 Å². The number of nitrogens with one attached hydrogen (secondary N) is 1. The zero-order valence-corrected chi connectivity index (χ0v) is 24.2. The molecule has 212 valence electrons. The number of methoxy groups -OCH3 is 1. The molecule has 39 heavy (non-hydrogen) atoms. The number of benzene rings is 2. The van der Waals surface area contributed by atoms with Crippen LogP contribution in [0.4, 0.5) is 0 Å². The molecule has 1 aliphatic heterocycles. The average Bonchev–Trinajstić information content (AvgIpc) is 3.66. The van der Waals surface area contributed by atoms with E-state index in [2.05, 4.69) is 10.2 Å². The summed E-state index contributed by atoms with van der Waals surface area (Å²) in [6.45, 7) is 8.22. The van der Waals surface area contributed by atoms with Gasteiger partial charge in [-0.3, -0.25) is 9.59 Å². The van der Waals surface area contributed by atoms with Gasteiger partial charge in [0.25, 0.3) is 5.91 Å². The van der Waals surface area contributed by atoms with Crippen LogP contribution in [0.15, 0.2) is 48.5 Å². The Kier molecular flexibility index (Phi) is 10.7. The van der Waals surface area contributed by atoms with Gasteiger partial charge in [0.15, 0.2) is 0 Å². The van der Waals surface area contributed by atoms with E-state index in [0.29, 0.717) is 54.5 Å². The Morgan fingerprint density at radius 1 is 1.03 bits per heavy atom. The van der Waals surface area contributed by atoms with Crippen LogP contribution in [0, 0.1) is 11.8 Å². The molecule has 2 aromatic rings. The lowest BCUT2D eigenvalue weighted by molar-refractivity contribution is -0.131. The van der Waals surface area contributed by atoms with Gasteiger partial charge in [0.05, 0.1) is 13.0 Å². The standard InChI is InChI=1S/C31H42ClN3O4/c1-22(2)34(31(37)24-15-27(32)17-29(16-24)39-13-7-12-38-3)20-25-18-33-19-26(25)21-35(28-10-11-28)30(36)14-23-8-5-4-6-9-23/h4-6,8-9,15-17,22,25-26,28,33H,7,10-14,18-21H2,1-3H3. The zero-order chi connectivity index (χ0) is 27.8. The van der Waals surface area contributed by atoms with Crippen LogP contribution in [0.2, 0.25) is 5.02 Å². The van der Waals surface area contributed by atoms with Gasteiger partial charge in [-0.15, -0.1) is 0 Å². The fourth-order valence-corrected chi connectivity index (χ4v) is 5.51. The third kappa shape index (κ3) is 8.44. The van der Waals surface area contributed by atoms with Gasteiger partial charge in [-0.05, 0) is 62.3 Å². The summed E-state index contributed by atoms with van der Waals surface area (Å²) in [6, 6.07) is 15.6. The maximum Gasteiger partial charge on any atom is 0.254 e. The Hall–Kier alpha value is -2.61. The third-order valence-electron chi connectivity index (χ3n) is 7.61. The predicted octanol–water partition coefficient (Wildman–Crippen LogP) is 4.68. The second-order valence-electron chi connectivity index (χ2n) is 11.0. The van der Waals surface area contributed by atoms with Gasteiger partial charge in [-0.25, -0.2) is 0 Å². The van der Waals surface area contributed by atoms with Crippen LogP contribution in [0.25, 0.3) is 0 Å². The third-order valence-corrected chi connectivity index (χ3v) is 7.83. The quantitative estimate of drug-likeness (QED) is 0.343. The van der Waals surface area contributed by atoms with Crippen molar-refractivity contribution in [1.29, 1.82) is 0 Å². The van der Waals surface area contributed by atoms with Crippen molar-refractivity contribution in [2.24, 2.45) is 11.8 Å². The number of hydrogen-bond donors (Lipinski definition) is 1. The van der Waals surface area contributed by atoms with Crippen molar-refractivity contribution in [3.8, 4) is 5.75 Å². The molecule has 1 saturated carbocycles. The summed E-state index contributed by atoms with van der Waals surface area (Å²) in [5.74, 6) is 1.27. The minimum atomic E-state index is -0.0564. The molecule has 1 saturated heterocycles. The molecule has 2 amide bonds. The van der Waals surface area contributed by atoms with Crippen LogP contribution < -0.4 is 10.1 Å². The molecule has 2 unspecified atom stereocenters. The van der Waals surface area contributed by atoms with Gasteiger partial charge >= 0.3 is 0 Å². The number of carbonyl (C=O) groups is 2. The monoisotopic (exact) mass is 555 g/mol. The summed E-state index contributed by atoms with van der Waals surface area (Å²) in [4.78, 5) is 31.0. The maximum atomic E-state index is 13.7. The first-order valence-electron chi connectivity index (χ1n) is 14.1. The van der Waals surface area contributed by atoms with E-state index in [4.69, 9.17) is 21.1 Å². The van der Waals surface area contributed by atoms with E-state index in [1.807, 2.05) is 49.1 Å². The van der Waals surface area contributed by atoms with Crippen molar-refractivity contribution in [2.75, 3.05) is 46.5 Å². The number of halogens is 1. The molecule has 1 N–H and O–H groups in total. The van der Waals surface area contributed by atoms with E-state index >= 15 is 0 Å². The highest BCUT2D eigenvalue weighted by Crippen LogP contribution is 2.31. The smallest absolute Gasteiger partial charge is 0.254 e. The summed E-state index contributed by atoms with van der Waals surface area (Å²) < 4.78 is 10.9. The second kappa shape index (κ2) is 14.1. The highest BCUT2D eigenvalue weighted by atomic mass is 35.5. The fraction of sp³-hybridized carbons (Fsp3) is 0.548. The minimum absolute atomic E-state index is 0.0167. The molecule has 2 atom stereocenters.